The van der Waals surface area contributed by atoms with Gasteiger partial charge in [-0.25, -0.2) is 4.68 Å². The number of carbonyl (C=O) groups is 1. The molecule has 178 valence electrons. The predicted molar refractivity (Wildman–Crippen MR) is 129 cm³/mol. The Bertz CT molecular complexity index is 964. The molecule has 1 fully saturated rings. The molecule has 0 N–H and O–H groups in total. The number of rotatable bonds is 10. The van der Waals surface area contributed by atoms with E-state index in [1.807, 2.05) is 39.9 Å². The van der Waals surface area contributed by atoms with Crippen molar-refractivity contribution in [2.75, 3.05) is 40.5 Å². The lowest BCUT2D eigenvalue weighted by Gasteiger charge is -2.28. The number of nitrogens with zero attached hydrogens (tertiary/aromatic N) is 4. The average molecular weight is 453 g/mol. The van der Waals surface area contributed by atoms with Crippen LogP contribution in [0.3, 0.4) is 0 Å². The van der Waals surface area contributed by atoms with E-state index >= 15 is 0 Å². The van der Waals surface area contributed by atoms with Gasteiger partial charge in [0.05, 0.1) is 31.6 Å². The second kappa shape index (κ2) is 11.0. The van der Waals surface area contributed by atoms with Crippen LogP contribution in [0.5, 0.6) is 5.75 Å². The Morgan fingerprint density at radius 3 is 2.79 bits per heavy atom. The van der Waals surface area contributed by atoms with Gasteiger partial charge in [-0.1, -0.05) is 31.1 Å². The minimum absolute atomic E-state index is 0.131. The van der Waals surface area contributed by atoms with E-state index in [4.69, 9.17) is 14.6 Å². The summed E-state index contributed by atoms with van der Waals surface area (Å²) in [5, 5.41) is 5.07. The fourth-order valence-corrected chi connectivity index (χ4v) is 5.09. The summed E-state index contributed by atoms with van der Waals surface area (Å²) in [6, 6.07) is 7.98. The zero-order chi connectivity index (χ0) is 23.2. The Labute approximate surface area is 197 Å². The minimum Gasteiger partial charge on any atom is -0.494 e. The van der Waals surface area contributed by atoms with Gasteiger partial charge in [-0.05, 0) is 25.0 Å². The van der Waals surface area contributed by atoms with Gasteiger partial charge in [-0.3, -0.25) is 9.69 Å². The number of amides is 1. The minimum atomic E-state index is 0.131. The van der Waals surface area contributed by atoms with Crippen LogP contribution in [0.2, 0.25) is 0 Å². The Morgan fingerprint density at radius 2 is 2.06 bits per heavy atom. The summed E-state index contributed by atoms with van der Waals surface area (Å²) in [5.41, 5.74) is 4.32. The van der Waals surface area contributed by atoms with Gasteiger partial charge in [0.15, 0.2) is 0 Å². The van der Waals surface area contributed by atoms with E-state index in [1.165, 1.54) is 11.3 Å². The second-order valence-electron chi connectivity index (χ2n) is 8.96. The number of para-hydroxylation sites is 2. The van der Waals surface area contributed by atoms with Crippen molar-refractivity contribution >= 4 is 5.91 Å². The fraction of sp³-hybridized carbons (Fsp3) is 0.538. The topological polar surface area (TPSA) is 59.8 Å². The number of carbonyl (C=O) groups excluding carboxylic acids is 1. The summed E-state index contributed by atoms with van der Waals surface area (Å²) in [6.07, 6.45) is 7.10. The van der Waals surface area contributed by atoms with Crippen LogP contribution in [0, 0.1) is 5.92 Å². The molecule has 1 amide bonds. The highest BCUT2D eigenvalue weighted by atomic mass is 16.5. The summed E-state index contributed by atoms with van der Waals surface area (Å²) in [4.78, 5) is 17.7. The third-order valence-electron chi connectivity index (χ3n) is 6.84. The number of fused-ring (bicyclic) bond motifs is 1. The molecular formula is C26H36N4O3. The number of hydrogen-bond acceptors (Lipinski definition) is 5. The van der Waals surface area contributed by atoms with Gasteiger partial charge in [0.25, 0.3) is 0 Å². The zero-order valence-electron chi connectivity index (χ0n) is 20.0. The molecule has 2 heterocycles. The maximum absolute atomic E-state index is 13.4. The number of benzene rings is 1. The SMILES string of the molecule is C=CCN1CCc2c(c(CN(CCOC)C(=O)C3CCCC3)nn2-c2ccccc2OC)C1. The smallest absolute Gasteiger partial charge is 0.226 e. The van der Waals surface area contributed by atoms with Crippen molar-refractivity contribution in [3.8, 4) is 11.4 Å². The van der Waals surface area contributed by atoms with Gasteiger partial charge in [0.2, 0.25) is 5.91 Å². The van der Waals surface area contributed by atoms with Crippen LogP contribution in [0.25, 0.3) is 5.69 Å². The molecule has 0 saturated heterocycles. The van der Waals surface area contributed by atoms with E-state index in [1.54, 1.807) is 14.2 Å². The third kappa shape index (κ3) is 5.14. The molecule has 0 unspecified atom stereocenters. The van der Waals surface area contributed by atoms with Crippen molar-refractivity contribution in [1.82, 2.24) is 19.6 Å². The van der Waals surface area contributed by atoms with Crippen molar-refractivity contribution < 1.29 is 14.3 Å². The van der Waals surface area contributed by atoms with E-state index in [0.717, 1.165) is 68.9 Å². The summed E-state index contributed by atoms with van der Waals surface area (Å²) < 4.78 is 13.0. The first-order valence-corrected chi connectivity index (χ1v) is 12.0. The second-order valence-corrected chi connectivity index (χ2v) is 8.96. The predicted octanol–water partition coefficient (Wildman–Crippen LogP) is 3.59. The third-order valence-corrected chi connectivity index (χ3v) is 6.84. The number of methoxy groups -OCH3 is 2. The molecule has 0 bridgehead atoms. The van der Waals surface area contributed by atoms with Gasteiger partial charge in [0, 0.05) is 51.2 Å². The van der Waals surface area contributed by atoms with Crippen LogP contribution in [0.4, 0.5) is 0 Å². The lowest BCUT2D eigenvalue weighted by atomic mass is 10.0. The summed E-state index contributed by atoms with van der Waals surface area (Å²) in [6.45, 7) is 8.12. The highest BCUT2D eigenvalue weighted by Gasteiger charge is 2.31. The van der Waals surface area contributed by atoms with E-state index in [-0.39, 0.29) is 11.8 Å². The van der Waals surface area contributed by atoms with Crippen LogP contribution in [0.1, 0.15) is 42.6 Å². The molecule has 1 aliphatic heterocycles. The number of aromatic nitrogens is 2. The average Bonchev–Trinajstić information content (AvgIpc) is 3.50. The summed E-state index contributed by atoms with van der Waals surface area (Å²) in [7, 11) is 3.37. The number of ether oxygens (including phenoxy) is 2. The van der Waals surface area contributed by atoms with Crippen LogP contribution in [-0.4, -0.2) is 65.9 Å². The highest BCUT2D eigenvalue weighted by molar-refractivity contribution is 5.79. The first kappa shape index (κ1) is 23.5. The lowest BCUT2D eigenvalue weighted by Crippen LogP contribution is -2.38. The maximum atomic E-state index is 13.4. The van der Waals surface area contributed by atoms with Crippen LogP contribution >= 0.6 is 0 Å². The molecule has 2 aliphatic rings. The normalized spacial score (nSPS) is 16.5. The lowest BCUT2D eigenvalue weighted by molar-refractivity contribution is -0.136. The molecule has 1 aromatic carbocycles. The maximum Gasteiger partial charge on any atom is 0.226 e. The molecule has 1 aliphatic carbocycles. The molecule has 2 aromatic rings. The zero-order valence-corrected chi connectivity index (χ0v) is 20.0. The molecule has 0 spiro atoms. The molecule has 1 aromatic heterocycles. The van der Waals surface area contributed by atoms with E-state index in [2.05, 4.69) is 11.5 Å². The molecule has 0 atom stereocenters. The monoisotopic (exact) mass is 452 g/mol. The summed E-state index contributed by atoms with van der Waals surface area (Å²) in [5.74, 6) is 1.16. The Balaban J connectivity index is 1.70. The molecule has 1 saturated carbocycles. The van der Waals surface area contributed by atoms with Gasteiger partial charge in [0.1, 0.15) is 11.4 Å². The Hall–Kier alpha value is -2.64. The van der Waals surface area contributed by atoms with Gasteiger partial charge in [-0.15, -0.1) is 6.58 Å². The van der Waals surface area contributed by atoms with E-state index in [9.17, 15) is 4.79 Å². The van der Waals surface area contributed by atoms with Crippen molar-refractivity contribution in [2.45, 2.75) is 45.2 Å². The molecule has 33 heavy (non-hydrogen) atoms. The first-order valence-electron chi connectivity index (χ1n) is 12.0. The van der Waals surface area contributed by atoms with Crippen LogP contribution in [0.15, 0.2) is 36.9 Å². The standard InChI is InChI=1S/C26H36N4O3/c1-4-14-28-15-13-23-21(18-28)22(27-30(23)24-11-7-8-12-25(24)33-3)19-29(16-17-32-2)26(31)20-9-5-6-10-20/h4,7-8,11-12,20H,1,5-6,9-10,13-19H2,2-3H3. The van der Waals surface area contributed by atoms with Crippen LogP contribution in [-0.2, 0) is 29.0 Å². The van der Waals surface area contributed by atoms with Crippen molar-refractivity contribution in [3.05, 3.63) is 53.9 Å². The van der Waals surface area contributed by atoms with Crippen LogP contribution < -0.4 is 4.74 Å². The summed E-state index contributed by atoms with van der Waals surface area (Å²) >= 11 is 0. The largest absolute Gasteiger partial charge is 0.494 e. The van der Waals surface area contributed by atoms with Crippen molar-refractivity contribution in [1.29, 1.82) is 0 Å². The quantitative estimate of drug-likeness (QED) is 0.516. The highest BCUT2D eigenvalue weighted by Crippen LogP contribution is 2.31. The molecular weight excluding hydrogens is 416 g/mol. The van der Waals surface area contributed by atoms with E-state index in [0.29, 0.717) is 19.7 Å². The molecule has 4 rings (SSSR count). The van der Waals surface area contributed by atoms with Gasteiger partial charge < -0.3 is 14.4 Å². The molecule has 0 radical (unpaired) electrons. The van der Waals surface area contributed by atoms with Gasteiger partial charge in [-0.2, -0.15) is 5.10 Å². The van der Waals surface area contributed by atoms with Crippen molar-refractivity contribution in [3.63, 3.8) is 0 Å². The Morgan fingerprint density at radius 1 is 1.27 bits per heavy atom. The van der Waals surface area contributed by atoms with Crippen molar-refractivity contribution in [2.24, 2.45) is 5.92 Å². The van der Waals surface area contributed by atoms with E-state index < -0.39 is 0 Å². The van der Waals surface area contributed by atoms with Gasteiger partial charge >= 0.3 is 0 Å². The molecule has 7 heteroatoms. The fourth-order valence-electron chi connectivity index (χ4n) is 5.09. The number of hydrogen-bond donors (Lipinski definition) is 0. The first-order chi connectivity index (χ1) is 16.2. The molecule has 7 nitrogen and oxygen atoms in total. The Kier molecular flexibility index (Phi) is 7.83.